The third-order valence-electron chi connectivity index (χ3n) is 6.26. The Labute approximate surface area is 168 Å². The van der Waals surface area contributed by atoms with Crippen LogP contribution in [0.25, 0.3) is 0 Å². The quantitative estimate of drug-likeness (QED) is 0.677. The van der Waals surface area contributed by atoms with E-state index >= 15 is 0 Å². The largest absolute Gasteiger partial charge is 0.297 e. The number of likely N-dealkylation sites (tertiary alicyclic amines) is 1. The fourth-order valence-electron chi connectivity index (χ4n) is 4.63. The smallest absolute Gasteiger partial charge is 0.218 e. The lowest BCUT2D eigenvalue weighted by Crippen LogP contribution is -2.54. The predicted molar refractivity (Wildman–Crippen MR) is 109 cm³/mol. The van der Waals surface area contributed by atoms with Crippen molar-refractivity contribution in [3.63, 3.8) is 0 Å². The zero-order valence-electron chi connectivity index (χ0n) is 16.1. The molecule has 0 bridgehead atoms. The Kier molecular flexibility index (Phi) is 5.81. The third-order valence-corrected chi connectivity index (χ3v) is 10.6. The topological polar surface area (TPSA) is 78.0 Å². The lowest BCUT2D eigenvalue weighted by atomic mass is 10.2. The Balaban J connectivity index is 1.29. The molecule has 1 aromatic carbocycles. The zero-order valence-corrected chi connectivity index (χ0v) is 17.7. The van der Waals surface area contributed by atoms with Crippen LogP contribution in [-0.4, -0.2) is 93.0 Å². The lowest BCUT2D eigenvalue weighted by Gasteiger charge is -2.38. The van der Waals surface area contributed by atoms with Gasteiger partial charge < -0.3 is 0 Å². The summed E-state index contributed by atoms with van der Waals surface area (Å²) in [6, 6.07) is 10.9. The molecule has 156 valence electrons. The van der Waals surface area contributed by atoms with Gasteiger partial charge in [-0.25, -0.2) is 16.8 Å². The van der Waals surface area contributed by atoms with E-state index in [1.165, 1.54) is 9.87 Å². The van der Waals surface area contributed by atoms with E-state index in [0.717, 1.165) is 39.1 Å². The Hall–Kier alpha value is -1.00. The van der Waals surface area contributed by atoms with Crippen molar-refractivity contribution in [2.75, 3.05) is 50.8 Å². The monoisotopic (exact) mass is 427 g/mol. The molecule has 1 aromatic rings. The fraction of sp³-hybridized carbons (Fsp3) is 0.684. The average Bonchev–Trinajstić information content (AvgIpc) is 3.29. The van der Waals surface area contributed by atoms with Crippen LogP contribution in [0.3, 0.4) is 0 Å². The molecule has 0 saturated carbocycles. The molecule has 3 aliphatic heterocycles. The van der Waals surface area contributed by atoms with Crippen molar-refractivity contribution in [1.29, 1.82) is 0 Å². The molecule has 0 aliphatic carbocycles. The first kappa shape index (κ1) is 20.3. The molecule has 0 radical (unpaired) electrons. The van der Waals surface area contributed by atoms with Crippen LogP contribution in [0.1, 0.15) is 18.4 Å². The van der Waals surface area contributed by atoms with Crippen LogP contribution in [0.15, 0.2) is 30.3 Å². The van der Waals surface area contributed by atoms with E-state index in [4.69, 9.17) is 0 Å². The maximum absolute atomic E-state index is 12.8. The number of benzene rings is 1. The van der Waals surface area contributed by atoms with Crippen LogP contribution in [-0.2, 0) is 26.4 Å². The number of rotatable bonds is 5. The second-order valence-electron chi connectivity index (χ2n) is 8.17. The summed E-state index contributed by atoms with van der Waals surface area (Å²) in [5.41, 5.74) is 1.32. The highest BCUT2D eigenvalue weighted by Crippen LogP contribution is 2.25. The van der Waals surface area contributed by atoms with E-state index in [0.29, 0.717) is 19.1 Å². The number of nitrogens with zero attached hydrogens (tertiary/aromatic N) is 3. The minimum atomic E-state index is -3.51. The molecule has 2 atom stereocenters. The summed E-state index contributed by atoms with van der Waals surface area (Å²) < 4.78 is 50.4. The van der Waals surface area contributed by atoms with E-state index in [1.54, 1.807) is 0 Å². The van der Waals surface area contributed by atoms with Crippen LogP contribution in [0.2, 0.25) is 0 Å². The van der Waals surface area contributed by atoms with E-state index in [2.05, 4.69) is 34.1 Å². The van der Waals surface area contributed by atoms with Gasteiger partial charge in [-0.05, 0) is 18.4 Å². The molecule has 9 heteroatoms. The Morgan fingerprint density at radius 3 is 2.32 bits per heavy atom. The van der Waals surface area contributed by atoms with Crippen LogP contribution in [0.4, 0.5) is 0 Å². The van der Waals surface area contributed by atoms with Crippen molar-refractivity contribution >= 4 is 19.9 Å². The summed E-state index contributed by atoms with van der Waals surface area (Å²) in [4.78, 5) is 4.87. The normalized spacial score (nSPS) is 30.0. The summed E-state index contributed by atoms with van der Waals surface area (Å²) >= 11 is 0. The Morgan fingerprint density at radius 1 is 0.964 bits per heavy atom. The van der Waals surface area contributed by atoms with E-state index in [9.17, 15) is 16.8 Å². The van der Waals surface area contributed by atoms with Gasteiger partial charge in [-0.1, -0.05) is 30.3 Å². The van der Waals surface area contributed by atoms with Gasteiger partial charge in [-0.2, -0.15) is 4.31 Å². The first-order valence-electron chi connectivity index (χ1n) is 10.0. The number of hydrogen-bond donors (Lipinski definition) is 0. The molecule has 4 rings (SSSR count). The molecule has 2 unspecified atom stereocenters. The summed E-state index contributed by atoms with van der Waals surface area (Å²) in [5.74, 6) is -0.219. The molecule has 0 spiro atoms. The van der Waals surface area contributed by atoms with Crippen molar-refractivity contribution in [2.45, 2.75) is 30.7 Å². The minimum absolute atomic E-state index is 0.00378. The third kappa shape index (κ3) is 4.43. The van der Waals surface area contributed by atoms with Gasteiger partial charge in [0.2, 0.25) is 10.0 Å². The summed E-state index contributed by atoms with van der Waals surface area (Å²) in [7, 11) is -6.71. The van der Waals surface area contributed by atoms with Crippen molar-refractivity contribution in [2.24, 2.45) is 0 Å². The highest BCUT2D eigenvalue weighted by atomic mass is 32.2. The molecule has 0 amide bonds. The van der Waals surface area contributed by atoms with Gasteiger partial charge >= 0.3 is 0 Å². The van der Waals surface area contributed by atoms with E-state index < -0.39 is 25.1 Å². The number of hydrogen-bond acceptors (Lipinski definition) is 6. The van der Waals surface area contributed by atoms with Crippen molar-refractivity contribution in [1.82, 2.24) is 14.1 Å². The molecular formula is C19H29N3O4S2. The molecule has 0 N–H and O–H groups in total. The maximum Gasteiger partial charge on any atom is 0.218 e. The molecule has 3 aliphatic rings. The average molecular weight is 428 g/mol. The van der Waals surface area contributed by atoms with Crippen LogP contribution < -0.4 is 0 Å². The maximum atomic E-state index is 12.8. The fourth-order valence-corrected chi connectivity index (χ4v) is 9.14. The summed E-state index contributed by atoms with van der Waals surface area (Å²) in [5, 5.41) is -0.753. The van der Waals surface area contributed by atoms with Crippen LogP contribution in [0, 0.1) is 0 Å². The number of sulfonamides is 1. The molecule has 3 heterocycles. The summed E-state index contributed by atoms with van der Waals surface area (Å²) in [6.45, 7) is 5.43. The van der Waals surface area contributed by atoms with Gasteiger partial charge in [0, 0.05) is 51.9 Å². The lowest BCUT2D eigenvalue weighted by molar-refractivity contribution is 0.136. The van der Waals surface area contributed by atoms with Gasteiger partial charge in [0.1, 0.15) is 0 Å². The van der Waals surface area contributed by atoms with Crippen molar-refractivity contribution in [3.8, 4) is 0 Å². The van der Waals surface area contributed by atoms with Gasteiger partial charge in [-0.15, -0.1) is 0 Å². The number of sulfone groups is 1. The summed E-state index contributed by atoms with van der Waals surface area (Å²) in [6.07, 6.45) is 1.35. The zero-order chi connectivity index (χ0) is 19.8. The first-order chi connectivity index (χ1) is 13.3. The second kappa shape index (κ2) is 8.02. The standard InChI is InChI=1S/C19H29N3O4S2/c23-27(24)13-7-19(16-27)28(25,26)22-11-9-21(10-12-22)18-6-8-20(15-18)14-17-4-2-1-3-5-17/h1-5,18-19H,6-16H2. The molecule has 28 heavy (non-hydrogen) atoms. The SMILES string of the molecule is O=S1(=O)CCC(S(=O)(=O)N2CCN(C3CCN(Cc4ccccc4)C3)CC2)C1. The second-order valence-corrected chi connectivity index (χ2v) is 12.6. The van der Waals surface area contributed by atoms with E-state index in [-0.39, 0.29) is 17.9 Å². The molecule has 3 saturated heterocycles. The first-order valence-corrected chi connectivity index (χ1v) is 13.4. The van der Waals surface area contributed by atoms with Gasteiger partial charge in [0.15, 0.2) is 9.84 Å². The molecule has 7 nitrogen and oxygen atoms in total. The minimum Gasteiger partial charge on any atom is -0.297 e. The Morgan fingerprint density at radius 2 is 1.68 bits per heavy atom. The number of piperazine rings is 1. The van der Waals surface area contributed by atoms with Crippen LogP contribution in [0.5, 0.6) is 0 Å². The molecular weight excluding hydrogens is 398 g/mol. The highest BCUT2D eigenvalue weighted by molar-refractivity contribution is 7.95. The van der Waals surface area contributed by atoms with Gasteiger partial charge in [0.05, 0.1) is 16.8 Å². The highest BCUT2D eigenvalue weighted by Gasteiger charge is 2.42. The van der Waals surface area contributed by atoms with E-state index in [1.807, 2.05) is 6.07 Å². The van der Waals surface area contributed by atoms with Crippen LogP contribution >= 0.6 is 0 Å². The molecule has 3 fully saturated rings. The van der Waals surface area contributed by atoms with Crippen molar-refractivity contribution in [3.05, 3.63) is 35.9 Å². The predicted octanol–water partition coefficient (Wildman–Crippen LogP) is 0.395. The van der Waals surface area contributed by atoms with Gasteiger partial charge in [-0.3, -0.25) is 9.80 Å². The Bertz CT molecular complexity index is 881. The van der Waals surface area contributed by atoms with Gasteiger partial charge in [0.25, 0.3) is 0 Å². The van der Waals surface area contributed by atoms with Crippen molar-refractivity contribution < 1.29 is 16.8 Å². The molecule has 0 aromatic heterocycles.